The van der Waals surface area contributed by atoms with Crippen molar-refractivity contribution in [3.63, 3.8) is 0 Å². The number of nitrogens with one attached hydrogen (secondary N) is 1. The molecule has 0 atom stereocenters. The highest BCUT2D eigenvalue weighted by Crippen LogP contribution is 2.27. The van der Waals surface area contributed by atoms with Gasteiger partial charge in [-0.1, -0.05) is 23.2 Å². The lowest BCUT2D eigenvalue weighted by molar-refractivity contribution is -0.111. The molecule has 1 N–H and O–H groups in total. The van der Waals surface area contributed by atoms with Gasteiger partial charge < -0.3 is 10.1 Å². The molecule has 0 aliphatic carbocycles. The first kappa shape index (κ1) is 16.4. The predicted octanol–water partition coefficient (Wildman–Crippen LogP) is 3.70. The van der Waals surface area contributed by atoms with E-state index in [4.69, 9.17) is 27.9 Å². The second kappa shape index (κ2) is 6.85. The van der Waals surface area contributed by atoms with Crippen LogP contribution in [0, 0.1) is 6.92 Å². The van der Waals surface area contributed by atoms with Gasteiger partial charge in [0.2, 0.25) is 5.91 Å². The number of aromatic nitrogens is 2. The monoisotopic (exact) mass is 339 g/mol. The van der Waals surface area contributed by atoms with E-state index in [-0.39, 0.29) is 5.91 Å². The van der Waals surface area contributed by atoms with Crippen LogP contribution in [0.5, 0.6) is 5.75 Å². The third-order valence-electron chi connectivity index (χ3n) is 3.02. The van der Waals surface area contributed by atoms with Gasteiger partial charge in [0.25, 0.3) is 0 Å². The number of benzene rings is 1. The third kappa shape index (κ3) is 3.61. The molecule has 1 amide bonds. The zero-order chi connectivity index (χ0) is 16.3. The van der Waals surface area contributed by atoms with Crippen molar-refractivity contribution in [2.75, 3.05) is 12.4 Å². The summed E-state index contributed by atoms with van der Waals surface area (Å²) < 4.78 is 6.61. The number of hydrogen-bond donors (Lipinski definition) is 1. The number of anilines is 1. The molecule has 1 aromatic heterocycles. The van der Waals surface area contributed by atoms with E-state index in [1.807, 2.05) is 6.92 Å². The minimum atomic E-state index is -0.291. The molecule has 0 bridgehead atoms. The number of rotatable bonds is 4. The summed E-state index contributed by atoms with van der Waals surface area (Å²) in [6, 6.07) is 5.01. The van der Waals surface area contributed by atoms with Crippen LogP contribution in [0.2, 0.25) is 10.2 Å². The van der Waals surface area contributed by atoms with E-state index in [1.165, 1.54) is 13.2 Å². The third-order valence-corrected chi connectivity index (χ3v) is 3.76. The molecule has 0 radical (unpaired) electrons. The Morgan fingerprint density at radius 2 is 2.14 bits per heavy atom. The zero-order valence-corrected chi connectivity index (χ0v) is 13.9. The molecule has 2 rings (SSSR count). The molecule has 0 saturated carbocycles. The summed E-state index contributed by atoms with van der Waals surface area (Å²) in [5.41, 5.74) is 2.05. The van der Waals surface area contributed by atoms with E-state index in [1.54, 1.807) is 36.0 Å². The van der Waals surface area contributed by atoms with Gasteiger partial charge in [0.05, 0.1) is 17.8 Å². The van der Waals surface area contributed by atoms with Gasteiger partial charge in [-0.3, -0.25) is 9.48 Å². The fourth-order valence-corrected chi connectivity index (χ4v) is 2.42. The molecule has 7 heteroatoms. The van der Waals surface area contributed by atoms with E-state index >= 15 is 0 Å². The molecule has 116 valence electrons. The van der Waals surface area contributed by atoms with Gasteiger partial charge in [-0.05, 0) is 31.2 Å². The van der Waals surface area contributed by atoms with Crippen molar-refractivity contribution < 1.29 is 9.53 Å². The Morgan fingerprint density at radius 3 is 2.68 bits per heavy atom. The second-order valence-electron chi connectivity index (χ2n) is 4.59. The van der Waals surface area contributed by atoms with Crippen molar-refractivity contribution in [2.45, 2.75) is 6.92 Å². The Kier molecular flexibility index (Phi) is 5.11. The van der Waals surface area contributed by atoms with Crippen LogP contribution in [-0.2, 0) is 11.8 Å². The summed E-state index contributed by atoms with van der Waals surface area (Å²) in [5, 5.41) is 7.79. The van der Waals surface area contributed by atoms with E-state index < -0.39 is 0 Å². The maximum Gasteiger partial charge on any atom is 0.248 e. The summed E-state index contributed by atoms with van der Waals surface area (Å²) in [6.07, 6.45) is 3.03. The molecule has 5 nitrogen and oxygen atoms in total. The van der Waals surface area contributed by atoms with Crippen molar-refractivity contribution in [1.29, 1.82) is 0 Å². The number of methoxy groups -OCH3 is 1. The highest BCUT2D eigenvalue weighted by Gasteiger charge is 2.09. The first-order valence-electron chi connectivity index (χ1n) is 6.44. The normalized spacial score (nSPS) is 11.0. The largest absolute Gasteiger partial charge is 0.495 e. The van der Waals surface area contributed by atoms with Crippen LogP contribution in [0.4, 0.5) is 5.69 Å². The van der Waals surface area contributed by atoms with Crippen LogP contribution in [0.15, 0.2) is 24.3 Å². The molecule has 0 unspecified atom stereocenters. The van der Waals surface area contributed by atoms with E-state index in [2.05, 4.69) is 10.4 Å². The molecular formula is C15H15Cl2N3O2. The maximum absolute atomic E-state index is 11.9. The summed E-state index contributed by atoms with van der Waals surface area (Å²) in [5.74, 6) is 0.258. The first-order valence-corrected chi connectivity index (χ1v) is 7.19. The van der Waals surface area contributed by atoms with Crippen molar-refractivity contribution in [1.82, 2.24) is 9.78 Å². The van der Waals surface area contributed by atoms with Gasteiger partial charge in [0.1, 0.15) is 10.9 Å². The highest BCUT2D eigenvalue weighted by atomic mass is 35.5. The molecule has 0 spiro atoms. The first-order chi connectivity index (χ1) is 10.4. The van der Waals surface area contributed by atoms with Crippen LogP contribution in [0.1, 0.15) is 11.3 Å². The van der Waals surface area contributed by atoms with Crippen molar-refractivity contribution in [2.24, 2.45) is 7.05 Å². The average Bonchev–Trinajstić information content (AvgIpc) is 2.70. The van der Waals surface area contributed by atoms with Crippen LogP contribution in [0.3, 0.4) is 0 Å². The average molecular weight is 340 g/mol. The van der Waals surface area contributed by atoms with Gasteiger partial charge in [0.15, 0.2) is 0 Å². The Bertz CT molecular complexity index is 739. The summed E-state index contributed by atoms with van der Waals surface area (Å²) in [6.45, 7) is 1.83. The van der Waals surface area contributed by atoms with Crippen LogP contribution >= 0.6 is 23.2 Å². The molecule has 0 fully saturated rings. The topological polar surface area (TPSA) is 56.1 Å². The number of hydrogen-bond acceptors (Lipinski definition) is 3. The Hall–Kier alpha value is -1.98. The molecule has 1 heterocycles. The Labute approximate surface area is 138 Å². The van der Waals surface area contributed by atoms with Crippen LogP contribution < -0.4 is 10.1 Å². The SMILES string of the molecule is COc1ccc(NC(=O)/C=C/c2c(C)nn(C)c2Cl)cc1Cl. The summed E-state index contributed by atoms with van der Waals surface area (Å²) in [7, 11) is 3.27. The van der Waals surface area contributed by atoms with Gasteiger partial charge in [-0.15, -0.1) is 0 Å². The summed E-state index contributed by atoms with van der Waals surface area (Å²) >= 11 is 12.1. The number of carbonyl (C=O) groups is 1. The molecule has 2 aromatic rings. The smallest absolute Gasteiger partial charge is 0.248 e. The number of ether oxygens (including phenoxy) is 1. The molecule has 22 heavy (non-hydrogen) atoms. The van der Waals surface area contributed by atoms with Gasteiger partial charge >= 0.3 is 0 Å². The fraction of sp³-hybridized carbons (Fsp3) is 0.200. The lowest BCUT2D eigenvalue weighted by atomic mass is 10.2. The van der Waals surface area contributed by atoms with Crippen molar-refractivity contribution in [3.05, 3.63) is 45.7 Å². The lowest BCUT2D eigenvalue weighted by Crippen LogP contribution is -2.07. The number of carbonyl (C=O) groups excluding carboxylic acids is 1. The predicted molar refractivity (Wildman–Crippen MR) is 88.6 cm³/mol. The fourth-order valence-electron chi connectivity index (χ4n) is 1.92. The summed E-state index contributed by atoms with van der Waals surface area (Å²) in [4.78, 5) is 11.9. The van der Waals surface area contributed by atoms with E-state index in [9.17, 15) is 4.79 Å². The number of amides is 1. The van der Waals surface area contributed by atoms with Crippen LogP contribution in [0.25, 0.3) is 6.08 Å². The standard InChI is InChI=1S/C15H15Cl2N3O2/c1-9-11(15(17)20(2)19-9)5-7-14(21)18-10-4-6-13(22-3)12(16)8-10/h4-8H,1-3H3,(H,18,21)/b7-5+. The number of aryl methyl sites for hydroxylation is 2. The molecule has 0 saturated heterocycles. The molecule has 0 aliphatic rings. The molecular weight excluding hydrogens is 325 g/mol. The number of nitrogens with zero attached hydrogens (tertiary/aromatic N) is 2. The quantitative estimate of drug-likeness (QED) is 0.864. The van der Waals surface area contributed by atoms with Gasteiger partial charge in [-0.25, -0.2) is 0 Å². The van der Waals surface area contributed by atoms with Gasteiger partial charge in [0, 0.05) is 24.4 Å². The van der Waals surface area contributed by atoms with E-state index in [0.29, 0.717) is 27.2 Å². The van der Waals surface area contributed by atoms with E-state index in [0.717, 1.165) is 5.69 Å². The minimum absolute atomic E-state index is 0.291. The number of halogens is 2. The van der Waals surface area contributed by atoms with Crippen LogP contribution in [-0.4, -0.2) is 22.8 Å². The lowest BCUT2D eigenvalue weighted by Gasteiger charge is -2.06. The van der Waals surface area contributed by atoms with Gasteiger partial charge in [-0.2, -0.15) is 5.10 Å². The zero-order valence-electron chi connectivity index (χ0n) is 12.4. The minimum Gasteiger partial charge on any atom is -0.495 e. The maximum atomic E-state index is 11.9. The Morgan fingerprint density at radius 1 is 1.41 bits per heavy atom. The van der Waals surface area contributed by atoms with Crippen molar-refractivity contribution in [3.8, 4) is 5.75 Å². The Balaban J connectivity index is 2.10. The highest BCUT2D eigenvalue weighted by molar-refractivity contribution is 6.32. The van der Waals surface area contributed by atoms with Crippen molar-refractivity contribution >= 4 is 40.9 Å². The molecule has 0 aliphatic heterocycles. The molecule has 1 aromatic carbocycles. The second-order valence-corrected chi connectivity index (χ2v) is 5.35.